The summed E-state index contributed by atoms with van der Waals surface area (Å²) in [6.45, 7) is 9.04. The normalized spacial score (nSPS) is 19.0. The van der Waals surface area contributed by atoms with E-state index in [1.807, 2.05) is 20.8 Å². The van der Waals surface area contributed by atoms with Crippen LogP contribution in [0.25, 0.3) is 0 Å². The number of carboxylic acid groups (broad SMARTS) is 1. The Balaban J connectivity index is 2.34. The number of nitrogens with one attached hydrogen (secondary N) is 2. The number of carboxylic acids is 1. The first-order valence-corrected chi connectivity index (χ1v) is 7.86. The van der Waals surface area contributed by atoms with E-state index >= 15 is 0 Å². The zero-order valence-corrected chi connectivity index (χ0v) is 13.8. The van der Waals surface area contributed by atoms with Gasteiger partial charge in [0.25, 0.3) is 0 Å². The van der Waals surface area contributed by atoms with Gasteiger partial charge in [-0.3, -0.25) is 4.79 Å². The molecular formula is C16H30N2O3. The summed E-state index contributed by atoms with van der Waals surface area (Å²) in [6, 6.07) is -0.261. The van der Waals surface area contributed by atoms with E-state index in [9.17, 15) is 14.7 Å². The van der Waals surface area contributed by atoms with Crippen LogP contribution in [0.4, 0.5) is 4.79 Å². The molecule has 122 valence electrons. The third kappa shape index (κ3) is 6.82. The number of carbonyl (C=O) groups excluding carboxylic acids is 1. The minimum Gasteiger partial charge on any atom is -0.481 e. The van der Waals surface area contributed by atoms with Crippen LogP contribution in [-0.4, -0.2) is 30.2 Å². The van der Waals surface area contributed by atoms with Crippen LogP contribution < -0.4 is 10.6 Å². The molecule has 1 saturated carbocycles. The van der Waals surface area contributed by atoms with Crippen molar-refractivity contribution in [2.45, 2.75) is 59.8 Å². The maximum Gasteiger partial charge on any atom is 0.314 e. The molecule has 2 amide bonds. The van der Waals surface area contributed by atoms with Crippen molar-refractivity contribution in [3.63, 3.8) is 0 Å². The number of hydrogen-bond donors (Lipinski definition) is 3. The smallest absolute Gasteiger partial charge is 0.314 e. The van der Waals surface area contributed by atoms with Gasteiger partial charge >= 0.3 is 12.0 Å². The van der Waals surface area contributed by atoms with Gasteiger partial charge in [-0.1, -0.05) is 40.5 Å². The van der Waals surface area contributed by atoms with E-state index in [2.05, 4.69) is 17.6 Å². The minimum atomic E-state index is -0.854. The number of rotatable bonds is 6. The number of urea groups is 1. The average Bonchev–Trinajstić information content (AvgIpc) is 2.78. The van der Waals surface area contributed by atoms with Crippen molar-refractivity contribution in [2.24, 2.45) is 16.7 Å². The average molecular weight is 298 g/mol. The van der Waals surface area contributed by atoms with Crippen molar-refractivity contribution < 1.29 is 14.7 Å². The second kappa shape index (κ2) is 7.14. The Morgan fingerprint density at radius 2 is 1.76 bits per heavy atom. The van der Waals surface area contributed by atoms with Gasteiger partial charge in [0.05, 0.1) is 5.92 Å². The monoisotopic (exact) mass is 298 g/mol. The molecule has 0 aromatic carbocycles. The van der Waals surface area contributed by atoms with Gasteiger partial charge in [0.15, 0.2) is 0 Å². The van der Waals surface area contributed by atoms with Crippen molar-refractivity contribution in [1.82, 2.24) is 10.6 Å². The van der Waals surface area contributed by atoms with Gasteiger partial charge in [-0.05, 0) is 30.1 Å². The Morgan fingerprint density at radius 1 is 1.19 bits per heavy atom. The lowest BCUT2D eigenvalue weighted by Gasteiger charge is -2.25. The Labute approximate surface area is 127 Å². The van der Waals surface area contributed by atoms with E-state index in [-0.39, 0.29) is 23.4 Å². The number of hydrogen-bond acceptors (Lipinski definition) is 2. The SMILES string of the molecule is CC(C)(C)CC(CNC(=O)NCC1(C)CCCC1)C(=O)O. The van der Waals surface area contributed by atoms with E-state index in [1.165, 1.54) is 12.8 Å². The van der Waals surface area contributed by atoms with Gasteiger partial charge in [-0.2, -0.15) is 0 Å². The third-order valence-electron chi connectivity index (χ3n) is 4.20. The Kier molecular flexibility index (Phi) is 6.05. The zero-order chi connectivity index (χ0) is 16.1. The van der Waals surface area contributed by atoms with Crippen molar-refractivity contribution in [3.8, 4) is 0 Å². The highest BCUT2D eigenvalue weighted by atomic mass is 16.4. The van der Waals surface area contributed by atoms with Crippen LogP contribution in [0, 0.1) is 16.7 Å². The Hall–Kier alpha value is -1.26. The fraction of sp³-hybridized carbons (Fsp3) is 0.875. The van der Waals surface area contributed by atoms with Crippen LogP contribution in [0.1, 0.15) is 59.8 Å². The number of aliphatic carboxylic acids is 1. The molecule has 5 nitrogen and oxygen atoms in total. The molecule has 0 spiro atoms. The number of carbonyl (C=O) groups is 2. The topological polar surface area (TPSA) is 78.4 Å². The lowest BCUT2D eigenvalue weighted by atomic mass is 9.84. The minimum absolute atomic E-state index is 0.0709. The van der Waals surface area contributed by atoms with Crippen LogP contribution in [-0.2, 0) is 4.79 Å². The molecule has 0 aromatic rings. The lowest BCUT2D eigenvalue weighted by molar-refractivity contribution is -0.142. The molecule has 0 bridgehead atoms. The lowest BCUT2D eigenvalue weighted by Crippen LogP contribution is -2.43. The molecule has 1 unspecified atom stereocenters. The summed E-state index contributed by atoms with van der Waals surface area (Å²) in [5, 5.41) is 14.8. The largest absolute Gasteiger partial charge is 0.481 e. The maximum absolute atomic E-state index is 11.8. The van der Waals surface area contributed by atoms with Crippen LogP contribution in [0.15, 0.2) is 0 Å². The Morgan fingerprint density at radius 3 is 2.24 bits per heavy atom. The van der Waals surface area contributed by atoms with E-state index in [0.717, 1.165) is 12.8 Å². The molecule has 1 atom stereocenters. The quantitative estimate of drug-likeness (QED) is 0.705. The summed E-state index contributed by atoms with van der Waals surface area (Å²) in [5.74, 6) is -1.40. The van der Waals surface area contributed by atoms with Crippen LogP contribution in [0.5, 0.6) is 0 Å². The first-order chi connectivity index (χ1) is 9.61. The predicted octanol–water partition coefficient (Wildman–Crippen LogP) is 3.00. The van der Waals surface area contributed by atoms with E-state index < -0.39 is 11.9 Å². The molecule has 1 aliphatic carbocycles. The van der Waals surface area contributed by atoms with Crippen LogP contribution >= 0.6 is 0 Å². The first-order valence-electron chi connectivity index (χ1n) is 7.86. The molecule has 0 aliphatic heterocycles. The third-order valence-corrected chi connectivity index (χ3v) is 4.20. The molecule has 0 saturated heterocycles. The Bertz CT molecular complexity index is 368. The summed E-state index contributed by atoms with van der Waals surface area (Å²) in [7, 11) is 0. The summed E-state index contributed by atoms with van der Waals surface area (Å²) >= 11 is 0. The van der Waals surface area contributed by atoms with Crippen molar-refractivity contribution >= 4 is 12.0 Å². The molecular weight excluding hydrogens is 268 g/mol. The standard InChI is InChI=1S/C16H30N2O3/c1-15(2,3)9-12(13(19)20)10-17-14(21)18-11-16(4)7-5-6-8-16/h12H,5-11H2,1-4H3,(H,19,20)(H2,17,18,21). The predicted molar refractivity (Wildman–Crippen MR) is 83.2 cm³/mol. The molecule has 1 rings (SSSR count). The molecule has 5 heteroatoms. The highest BCUT2D eigenvalue weighted by molar-refractivity contribution is 5.75. The summed E-state index contributed by atoms with van der Waals surface area (Å²) < 4.78 is 0. The van der Waals surface area contributed by atoms with E-state index in [4.69, 9.17) is 0 Å². The maximum atomic E-state index is 11.8. The first kappa shape index (κ1) is 17.8. The molecule has 3 N–H and O–H groups in total. The molecule has 0 radical (unpaired) electrons. The van der Waals surface area contributed by atoms with Gasteiger partial charge in [0.1, 0.15) is 0 Å². The second-order valence-electron chi connectivity index (χ2n) is 7.88. The van der Waals surface area contributed by atoms with Gasteiger partial charge in [-0.15, -0.1) is 0 Å². The second-order valence-corrected chi connectivity index (χ2v) is 7.88. The summed E-state index contributed by atoms with van der Waals surface area (Å²) in [6.07, 6.45) is 5.30. The summed E-state index contributed by atoms with van der Waals surface area (Å²) in [5.41, 5.74) is 0.132. The fourth-order valence-electron chi connectivity index (χ4n) is 2.96. The zero-order valence-electron chi connectivity index (χ0n) is 13.8. The molecule has 1 fully saturated rings. The molecule has 0 heterocycles. The van der Waals surface area contributed by atoms with Gasteiger partial charge < -0.3 is 15.7 Å². The molecule has 21 heavy (non-hydrogen) atoms. The summed E-state index contributed by atoms with van der Waals surface area (Å²) in [4.78, 5) is 23.1. The van der Waals surface area contributed by atoms with Gasteiger partial charge in [0, 0.05) is 13.1 Å². The van der Waals surface area contributed by atoms with Gasteiger partial charge in [-0.25, -0.2) is 4.79 Å². The van der Waals surface area contributed by atoms with Crippen LogP contribution in [0.2, 0.25) is 0 Å². The van der Waals surface area contributed by atoms with E-state index in [1.54, 1.807) is 0 Å². The van der Waals surface area contributed by atoms with Crippen molar-refractivity contribution in [2.75, 3.05) is 13.1 Å². The molecule has 0 aromatic heterocycles. The fourth-order valence-corrected chi connectivity index (χ4v) is 2.96. The highest BCUT2D eigenvalue weighted by Gasteiger charge is 2.29. The van der Waals surface area contributed by atoms with Crippen molar-refractivity contribution in [1.29, 1.82) is 0 Å². The highest BCUT2D eigenvalue weighted by Crippen LogP contribution is 2.36. The van der Waals surface area contributed by atoms with E-state index in [0.29, 0.717) is 13.0 Å². The molecule has 1 aliphatic rings. The number of amides is 2. The van der Waals surface area contributed by atoms with Crippen LogP contribution in [0.3, 0.4) is 0 Å². The van der Waals surface area contributed by atoms with Gasteiger partial charge in [0.2, 0.25) is 0 Å². The van der Waals surface area contributed by atoms with Crippen molar-refractivity contribution in [3.05, 3.63) is 0 Å².